The summed E-state index contributed by atoms with van der Waals surface area (Å²) >= 11 is 1.85. The highest BCUT2D eigenvalue weighted by Gasteiger charge is 2.21. The SMILES string of the molecule is c1ccc(-c2nc(-c3cccc4c3oc3ccc(-c5cccc6c5sc5ccccc56)cc34)nc(-n3c4ccccc4c4ccccc43)n2)cc1. The van der Waals surface area contributed by atoms with E-state index in [1.54, 1.807) is 0 Å². The van der Waals surface area contributed by atoms with Crippen LogP contribution >= 0.6 is 11.3 Å². The van der Waals surface area contributed by atoms with Crippen LogP contribution in [0.25, 0.3) is 104 Å². The molecule has 0 fully saturated rings. The number of hydrogen-bond donors (Lipinski definition) is 0. The Kier molecular flexibility index (Phi) is 6.05. The van der Waals surface area contributed by atoms with Crippen LogP contribution in [0.2, 0.25) is 0 Å². The normalized spacial score (nSPS) is 11.9. The van der Waals surface area contributed by atoms with Gasteiger partial charge >= 0.3 is 0 Å². The first kappa shape index (κ1) is 28.2. The zero-order valence-corrected chi connectivity index (χ0v) is 27.9. The summed E-state index contributed by atoms with van der Waals surface area (Å²) in [6.45, 7) is 0. The summed E-state index contributed by atoms with van der Waals surface area (Å²) in [5.74, 6) is 1.72. The highest BCUT2D eigenvalue weighted by atomic mass is 32.1. The smallest absolute Gasteiger partial charge is 0.238 e. The molecule has 0 aliphatic heterocycles. The minimum Gasteiger partial charge on any atom is -0.455 e. The molecule has 5 nitrogen and oxygen atoms in total. The first-order valence-electron chi connectivity index (χ1n) is 16.9. The molecule has 11 aromatic rings. The van der Waals surface area contributed by atoms with Crippen LogP contribution in [0.15, 0.2) is 162 Å². The van der Waals surface area contributed by atoms with Gasteiger partial charge in [-0.05, 0) is 47.5 Å². The van der Waals surface area contributed by atoms with E-state index in [2.05, 4.69) is 126 Å². The lowest BCUT2D eigenvalue weighted by atomic mass is 10.00. The first-order valence-corrected chi connectivity index (χ1v) is 17.8. The largest absolute Gasteiger partial charge is 0.455 e. The van der Waals surface area contributed by atoms with Crippen LogP contribution in [-0.4, -0.2) is 19.5 Å². The molecule has 0 unspecified atom stereocenters. The fourth-order valence-electron chi connectivity index (χ4n) is 7.56. The van der Waals surface area contributed by atoms with Crippen molar-refractivity contribution in [3.05, 3.63) is 158 Å². The van der Waals surface area contributed by atoms with Crippen molar-refractivity contribution in [2.75, 3.05) is 0 Å². The average Bonchev–Trinajstić information content (AvgIpc) is 3.87. The zero-order valence-electron chi connectivity index (χ0n) is 27.1. The molecule has 0 N–H and O–H groups in total. The number of nitrogens with zero attached hydrogens (tertiary/aromatic N) is 4. The van der Waals surface area contributed by atoms with Gasteiger partial charge < -0.3 is 4.42 Å². The molecule has 0 bridgehead atoms. The van der Waals surface area contributed by atoms with Gasteiger partial charge in [0.05, 0.1) is 16.6 Å². The van der Waals surface area contributed by atoms with Gasteiger partial charge in [-0.1, -0.05) is 121 Å². The lowest BCUT2D eigenvalue weighted by molar-refractivity contribution is 0.669. The Morgan fingerprint density at radius 3 is 1.90 bits per heavy atom. The summed E-state index contributed by atoms with van der Waals surface area (Å²) in [6.07, 6.45) is 0. The van der Waals surface area contributed by atoms with Gasteiger partial charge in [-0.25, -0.2) is 4.98 Å². The van der Waals surface area contributed by atoms with E-state index < -0.39 is 0 Å². The number of aromatic nitrogens is 4. The Hall–Kier alpha value is -6.63. The highest BCUT2D eigenvalue weighted by Crippen LogP contribution is 2.42. The van der Waals surface area contributed by atoms with Crippen LogP contribution in [0.4, 0.5) is 0 Å². The predicted molar refractivity (Wildman–Crippen MR) is 211 cm³/mol. The topological polar surface area (TPSA) is 56.7 Å². The van der Waals surface area contributed by atoms with Crippen LogP contribution in [0, 0.1) is 0 Å². The second kappa shape index (κ2) is 10.9. The molecule has 7 aromatic carbocycles. The maximum absolute atomic E-state index is 6.68. The third-order valence-corrected chi connectivity index (χ3v) is 11.1. The van der Waals surface area contributed by atoms with E-state index >= 15 is 0 Å². The number of hydrogen-bond acceptors (Lipinski definition) is 5. The van der Waals surface area contributed by atoms with Gasteiger partial charge in [0.25, 0.3) is 0 Å². The van der Waals surface area contributed by atoms with E-state index in [0.717, 1.165) is 60.4 Å². The van der Waals surface area contributed by atoms with Gasteiger partial charge in [0, 0.05) is 47.3 Å². The fourth-order valence-corrected chi connectivity index (χ4v) is 8.79. The van der Waals surface area contributed by atoms with Gasteiger partial charge in [-0.3, -0.25) is 4.57 Å². The molecule has 0 amide bonds. The number of rotatable bonds is 4. The quantitative estimate of drug-likeness (QED) is 0.187. The number of para-hydroxylation sites is 3. The van der Waals surface area contributed by atoms with Crippen molar-refractivity contribution in [2.45, 2.75) is 0 Å². The molecule has 0 atom stereocenters. The Morgan fingerprint density at radius 2 is 1.10 bits per heavy atom. The van der Waals surface area contributed by atoms with Crippen LogP contribution in [0.1, 0.15) is 0 Å². The molecule has 0 saturated carbocycles. The fraction of sp³-hybridized carbons (Fsp3) is 0. The average molecular weight is 671 g/mol. The third kappa shape index (κ3) is 4.30. The minimum absolute atomic E-state index is 0.556. The Labute approximate surface area is 295 Å². The lowest BCUT2D eigenvalue weighted by Gasteiger charge is -2.11. The summed E-state index contributed by atoms with van der Waals surface area (Å²) < 4.78 is 11.4. The molecule has 0 aliphatic carbocycles. The summed E-state index contributed by atoms with van der Waals surface area (Å²) in [7, 11) is 0. The molecule has 4 heterocycles. The lowest BCUT2D eigenvalue weighted by Crippen LogP contribution is -2.06. The van der Waals surface area contributed by atoms with Gasteiger partial charge in [0.2, 0.25) is 5.95 Å². The molecule has 4 aromatic heterocycles. The molecule has 0 spiro atoms. The second-order valence-electron chi connectivity index (χ2n) is 12.8. The predicted octanol–water partition coefficient (Wildman–Crippen LogP) is 12.2. The van der Waals surface area contributed by atoms with Gasteiger partial charge in [-0.2, -0.15) is 9.97 Å². The molecule has 6 heteroatoms. The standard InChI is InChI=1S/C45H26N4OS/c1-2-12-27(13-3-1)43-46-44(48-45(47-43)49-37-21-7-4-14-30(37)31-15-5-8-22-38(31)49)35-20-11-18-33-36-26-28(24-25-39(36)50-41(33)35)29-17-10-19-34-32-16-6-9-23-40(32)51-42(29)34/h1-26H. The third-order valence-electron chi connectivity index (χ3n) is 9.89. The van der Waals surface area contributed by atoms with Gasteiger partial charge in [-0.15, -0.1) is 11.3 Å². The summed E-state index contributed by atoms with van der Waals surface area (Å²) in [6, 6.07) is 54.9. The van der Waals surface area contributed by atoms with Crippen LogP contribution in [0.5, 0.6) is 0 Å². The molecule has 0 saturated heterocycles. The van der Waals surface area contributed by atoms with Crippen LogP contribution in [-0.2, 0) is 0 Å². The molecule has 0 radical (unpaired) electrons. The number of thiophene rings is 1. The first-order chi connectivity index (χ1) is 25.3. The van der Waals surface area contributed by atoms with E-state index in [1.165, 1.54) is 25.7 Å². The van der Waals surface area contributed by atoms with E-state index in [1.807, 2.05) is 47.7 Å². The molecular weight excluding hydrogens is 645 g/mol. The van der Waals surface area contributed by atoms with Crippen LogP contribution < -0.4 is 0 Å². The van der Waals surface area contributed by atoms with E-state index in [-0.39, 0.29) is 0 Å². The highest BCUT2D eigenvalue weighted by molar-refractivity contribution is 7.26. The van der Waals surface area contributed by atoms with E-state index in [4.69, 9.17) is 19.4 Å². The molecule has 11 rings (SSSR count). The van der Waals surface area contributed by atoms with Crippen molar-refractivity contribution in [3.63, 3.8) is 0 Å². The Morgan fingerprint density at radius 1 is 0.451 bits per heavy atom. The molecular formula is C45H26N4OS. The Balaban J connectivity index is 1.13. The molecule has 51 heavy (non-hydrogen) atoms. The van der Waals surface area contributed by atoms with E-state index in [9.17, 15) is 0 Å². The minimum atomic E-state index is 0.556. The summed E-state index contributed by atoms with van der Waals surface area (Å²) in [4.78, 5) is 15.4. The molecule has 238 valence electrons. The van der Waals surface area contributed by atoms with Crippen molar-refractivity contribution >= 4 is 75.3 Å². The second-order valence-corrected chi connectivity index (χ2v) is 13.8. The zero-order chi connectivity index (χ0) is 33.5. The van der Waals surface area contributed by atoms with Crippen LogP contribution in [0.3, 0.4) is 0 Å². The number of fused-ring (bicyclic) bond motifs is 9. The summed E-state index contributed by atoms with van der Waals surface area (Å²) in [5, 5.41) is 6.97. The maximum Gasteiger partial charge on any atom is 0.238 e. The van der Waals surface area contributed by atoms with E-state index in [0.29, 0.717) is 17.6 Å². The Bertz CT molecular complexity index is 3100. The number of benzene rings is 7. The van der Waals surface area contributed by atoms with Crippen molar-refractivity contribution in [3.8, 4) is 39.9 Å². The maximum atomic E-state index is 6.68. The van der Waals surface area contributed by atoms with Gasteiger partial charge in [0.15, 0.2) is 11.6 Å². The van der Waals surface area contributed by atoms with Crippen molar-refractivity contribution in [1.29, 1.82) is 0 Å². The molecule has 0 aliphatic rings. The monoisotopic (exact) mass is 670 g/mol. The number of furan rings is 1. The van der Waals surface area contributed by atoms with Crippen molar-refractivity contribution < 1.29 is 4.42 Å². The van der Waals surface area contributed by atoms with Gasteiger partial charge in [0.1, 0.15) is 11.2 Å². The van der Waals surface area contributed by atoms with Crippen molar-refractivity contribution in [2.24, 2.45) is 0 Å². The van der Waals surface area contributed by atoms with Crippen molar-refractivity contribution in [1.82, 2.24) is 19.5 Å². The summed E-state index contributed by atoms with van der Waals surface area (Å²) in [5.41, 5.74) is 7.78.